The Hall–Kier alpha value is -3.27. The van der Waals surface area contributed by atoms with Crippen LogP contribution >= 0.6 is 39.1 Å². The van der Waals surface area contributed by atoms with E-state index in [9.17, 15) is 14.9 Å². The summed E-state index contributed by atoms with van der Waals surface area (Å²) in [6.07, 6.45) is 3.65. The normalized spacial score (nSPS) is 11.4. The molecule has 0 aliphatic heterocycles. The Morgan fingerprint density at radius 1 is 1.14 bits per heavy atom. The van der Waals surface area contributed by atoms with Crippen molar-refractivity contribution in [3.05, 3.63) is 107 Å². The van der Waals surface area contributed by atoms with E-state index >= 15 is 0 Å². The van der Waals surface area contributed by atoms with Crippen molar-refractivity contribution >= 4 is 61.9 Å². The highest BCUT2D eigenvalue weighted by molar-refractivity contribution is 9.10. The van der Waals surface area contributed by atoms with Crippen molar-refractivity contribution in [2.45, 2.75) is 32.8 Å². The minimum absolute atomic E-state index is 0.137. The van der Waals surface area contributed by atoms with Crippen molar-refractivity contribution in [2.75, 3.05) is 0 Å². The fraction of sp³-hybridized carbons (Fsp3) is 0.192. The monoisotopic (exact) mass is 602 g/mol. The zero-order valence-electron chi connectivity index (χ0n) is 19.7. The molecule has 0 aliphatic rings. The van der Waals surface area contributed by atoms with Gasteiger partial charge < -0.3 is 4.74 Å². The lowest BCUT2D eigenvalue weighted by atomic mass is 10.2. The number of benzene rings is 3. The lowest BCUT2D eigenvalue weighted by molar-refractivity contribution is -0.384. The molecule has 37 heavy (non-hydrogen) atoms. The average Bonchev–Trinajstić information content (AvgIpc) is 2.88. The van der Waals surface area contributed by atoms with Crippen LogP contribution in [0, 0.1) is 10.1 Å². The van der Waals surface area contributed by atoms with Gasteiger partial charge in [-0.15, -0.1) is 0 Å². The topological polar surface area (TPSA) is 99.6 Å². The Bertz CT molecular complexity index is 1570. The van der Waals surface area contributed by atoms with Gasteiger partial charge in [0.25, 0.3) is 11.2 Å². The van der Waals surface area contributed by atoms with Crippen LogP contribution in [0.15, 0.2) is 69.0 Å². The SMILES string of the molecule is CCCCc1nc2ccc(Br)cc2c(=O)n1N=Cc1cc([N+](=O)[O-])ccc1OCc1ccc(Cl)c(Cl)c1. The highest BCUT2D eigenvalue weighted by Gasteiger charge is 2.14. The van der Waals surface area contributed by atoms with E-state index < -0.39 is 4.92 Å². The number of nitro benzene ring substituents is 1. The number of fused-ring (bicyclic) bond motifs is 1. The Balaban J connectivity index is 1.75. The maximum absolute atomic E-state index is 13.3. The number of aromatic nitrogens is 2. The fourth-order valence-corrected chi connectivity index (χ4v) is 4.28. The number of nitrogens with zero attached hydrogens (tertiary/aromatic N) is 4. The molecule has 3 aromatic carbocycles. The quantitative estimate of drug-likeness (QED) is 0.115. The van der Waals surface area contributed by atoms with Crippen LogP contribution in [0.2, 0.25) is 10.0 Å². The number of hydrogen-bond acceptors (Lipinski definition) is 6. The van der Waals surface area contributed by atoms with Crippen LogP contribution in [-0.2, 0) is 13.0 Å². The van der Waals surface area contributed by atoms with E-state index in [2.05, 4.69) is 26.0 Å². The second-order valence-corrected chi connectivity index (χ2v) is 9.90. The number of halogens is 3. The Kier molecular flexibility index (Phi) is 8.58. The van der Waals surface area contributed by atoms with E-state index in [0.717, 1.165) is 22.9 Å². The van der Waals surface area contributed by atoms with Gasteiger partial charge >= 0.3 is 0 Å². The van der Waals surface area contributed by atoms with Crippen LogP contribution in [0.5, 0.6) is 5.75 Å². The molecule has 0 N–H and O–H groups in total. The van der Waals surface area contributed by atoms with Gasteiger partial charge in [-0.25, -0.2) is 4.98 Å². The first-order valence-corrected chi connectivity index (χ1v) is 12.9. The summed E-state index contributed by atoms with van der Waals surface area (Å²) in [5.74, 6) is 0.849. The first kappa shape index (κ1) is 26.8. The maximum atomic E-state index is 13.3. The van der Waals surface area contributed by atoms with E-state index in [1.807, 2.05) is 13.0 Å². The van der Waals surface area contributed by atoms with Crippen molar-refractivity contribution in [1.29, 1.82) is 0 Å². The maximum Gasteiger partial charge on any atom is 0.282 e. The summed E-state index contributed by atoms with van der Waals surface area (Å²) in [6.45, 7) is 2.19. The molecular formula is C26H21BrCl2N4O4. The van der Waals surface area contributed by atoms with Gasteiger partial charge in [-0.05, 0) is 48.4 Å². The Morgan fingerprint density at radius 2 is 1.95 bits per heavy atom. The zero-order valence-corrected chi connectivity index (χ0v) is 22.8. The summed E-state index contributed by atoms with van der Waals surface area (Å²) in [7, 11) is 0. The van der Waals surface area contributed by atoms with Crippen molar-refractivity contribution in [3.8, 4) is 5.75 Å². The van der Waals surface area contributed by atoms with E-state index in [-0.39, 0.29) is 17.9 Å². The summed E-state index contributed by atoms with van der Waals surface area (Å²) < 4.78 is 7.91. The minimum Gasteiger partial charge on any atom is -0.488 e. The second kappa shape index (κ2) is 11.9. The van der Waals surface area contributed by atoms with Crippen molar-refractivity contribution in [1.82, 2.24) is 9.66 Å². The summed E-state index contributed by atoms with van der Waals surface area (Å²) in [6, 6.07) is 14.6. The number of aryl methyl sites for hydroxylation is 1. The zero-order chi connectivity index (χ0) is 26.5. The summed E-state index contributed by atoms with van der Waals surface area (Å²) >= 11 is 15.5. The van der Waals surface area contributed by atoms with Gasteiger partial charge in [-0.3, -0.25) is 14.9 Å². The molecule has 0 aliphatic carbocycles. The third-order valence-corrected chi connectivity index (χ3v) is 6.76. The van der Waals surface area contributed by atoms with Gasteiger partial charge in [-0.2, -0.15) is 9.78 Å². The van der Waals surface area contributed by atoms with Gasteiger partial charge in [0.2, 0.25) is 0 Å². The summed E-state index contributed by atoms with van der Waals surface area (Å²) in [4.78, 5) is 28.9. The first-order valence-electron chi connectivity index (χ1n) is 11.4. The second-order valence-electron chi connectivity index (χ2n) is 8.17. The van der Waals surface area contributed by atoms with Gasteiger partial charge in [0.15, 0.2) is 0 Å². The predicted molar refractivity (Wildman–Crippen MR) is 149 cm³/mol. The van der Waals surface area contributed by atoms with Gasteiger partial charge in [0.1, 0.15) is 18.2 Å². The van der Waals surface area contributed by atoms with Crippen LogP contribution in [0.1, 0.15) is 36.7 Å². The molecule has 0 fully saturated rings. The molecule has 0 saturated carbocycles. The predicted octanol–water partition coefficient (Wildman–Crippen LogP) is 7.18. The van der Waals surface area contributed by atoms with E-state index in [0.29, 0.717) is 44.5 Å². The molecule has 11 heteroatoms. The molecule has 1 heterocycles. The molecule has 0 unspecified atom stereocenters. The lowest BCUT2D eigenvalue weighted by Gasteiger charge is -2.11. The van der Waals surface area contributed by atoms with Gasteiger partial charge in [0.05, 0.1) is 32.1 Å². The molecule has 0 spiro atoms. The van der Waals surface area contributed by atoms with Crippen molar-refractivity contribution in [2.24, 2.45) is 5.10 Å². The number of nitro groups is 1. The minimum atomic E-state index is -0.506. The van der Waals surface area contributed by atoms with Crippen molar-refractivity contribution < 1.29 is 9.66 Å². The standard InChI is InChI=1S/C26H21BrCl2N4O4/c1-2-3-4-25-31-23-9-6-18(27)13-20(23)26(34)32(25)30-14-17-12-19(33(35)36)7-10-24(17)37-15-16-5-8-21(28)22(29)11-16/h5-14H,2-4,15H2,1H3. The number of hydrogen-bond donors (Lipinski definition) is 0. The smallest absolute Gasteiger partial charge is 0.282 e. The Labute approximate surface area is 230 Å². The van der Waals surface area contributed by atoms with Gasteiger partial charge in [0, 0.05) is 28.6 Å². The number of non-ortho nitro benzene ring substituents is 1. The van der Waals surface area contributed by atoms with E-state index in [4.69, 9.17) is 27.9 Å². The van der Waals surface area contributed by atoms with Crippen LogP contribution in [0.25, 0.3) is 10.9 Å². The molecular weight excluding hydrogens is 583 g/mol. The van der Waals surface area contributed by atoms with Crippen LogP contribution in [0.3, 0.4) is 0 Å². The molecule has 4 aromatic rings. The van der Waals surface area contributed by atoms with E-state index in [1.54, 1.807) is 30.3 Å². The largest absolute Gasteiger partial charge is 0.488 e. The van der Waals surface area contributed by atoms with Crippen molar-refractivity contribution in [3.63, 3.8) is 0 Å². The average molecular weight is 604 g/mol. The van der Waals surface area contributed by atoms with Crippen LogP contribution < -0.4 is 10.3 Å². The number of rotatable bonds is 9. The summed E-state index contributed by atoms with van der Waals surface area (Å²) in [5.41, 5.74) is 1.20. The molecule has 4 rings (SSSR count). The molecule has 0 saturated heterocycles. The molecule has 0 atom stereocenters. The molecule has 0 amide bonds. The first-order chi connectivity index (χ1) is 17.8. The fourth-order valence-electron chi connectivity index (χ4n) is 3.60. The van der Waals surface area contributed by atoms with Crippen LogP contribution in [0.4, 0.5) is 5.69 Å². The Morgan fingerprint density at radius 3 is 2.68 bits per heavy atom. The van der Waals surface area contributed by atoms with Gasteiger partial charge in [-0.1, -0.05) is 58.5 Å². The molecule has 0 bridgehead atoms. The van der Waals surface area contributed by atoms with E-state index in [1.165, 1.54) is 29.1 Å². The third-order valence-electron chi connectivity index (χ3n) is 5.52. The highest BCUT2D eigenvalue weighted by Crippen LogP contribution is 2.26. The molecule has 8 nitrogen and oxygen atoms in total. The molecule has 0 radical (unpaired) electrons. The number of ether oxygens (including phenoxy) is 1. The van der Waals surface area contributed by atoms with Crippen LogP contribution in [-0.4, -0.2) is 20.8 Å². The third kappa shape index (κ3) is 6.36. The molecule has 190 valence electrons. The number of unbranched alkanes of at least 4 members (excludes halogenated alkanes) is 1. The highest BCUT2D eigenvalue weighted by atomic mass is 79.9. The summed E-state index contributed by atoms with van der Waals surface area (Å²) in [5, 5.41) is 17.0. The molecule has 1 aromatic heterocycles. The lowest BCUT2D eigenvalue weighted by Crippen LogP contribution is -2.22.